The van der Waals surface area contributed by atoms with Crippen LogP contribution in [0.25, 0.3) is 17.1 Å². The highest BCUT2D eigenvalue weighted by atomic mass is 32.2. The van der Waals surface area contributed by atoms with Gasteiger partial charge in [-0.15, -0.1) is 11.8 Å². The number of fused-ring (bicyclic) bond motifs is 2. The van der Waals surface area contributed by atoms with Crippen LogP contribution in [-0.2, 0) is 9.53 Å². The van der Waals surface area contributed by atoms with E-state index >= 15 is 0 Å². The molecule has 1 fully saturated rings. The number of anilines is 2. The summed E-state index contributed by atoms with van der Waals surface area (Å²) in [7, 11) is 1.59. The Balaban J connectivity index is 1.16. The second-order valence-corrected chi connectivity index (χ2v) is 8.83. The van der Waals surface area contributed by atoms with Crippen molar-refractivity contribution in [3.05, 3.63) is 54.2 Å². The number of thioether (sulfide) groups is 1. The largest absolute Gasteiger partial charge is 0.481 e. The monoisotopic (exact) mass is 477 g/mol. The fraction of sp³-hybridized carbons (Fsp3) is 0.250. The molecule has 1 atom stereocenters. The number of nitrogens with one attached hydrogen (secondary N) is 2. The molecule has 34 heavy (non-hydrogen) atoms. The summed E-state index contributed by atoms with van der Waals surface area (Å²) in [6, 6.07) is 11.2. The highest BCUT2D eigenvalue weighted by molar-refractivity contribution is 8.00. The summed E-state index contributed by atoms with van der Waals surface area (Å²) in [5, 5.41) is 6.16. The molecule has 3 aromatic rings. The van der Waals surface area contributed by atoms with Crippen LogP contribution in [0.2, 0.25) is 0 Å². The van der Waals surface area contributed by atoms with Crippen molar-refractivity contribution >= 4 is 52.2 Å². The topological polar surface area (TPSA) is 106 Å². The van der Waals surface area contributed by atoms with Crippen LogP contribution in [0.5, 0.6) is 5.88 Å². The summed E-state index contributed by atoms with van der Waals surface area (Å²) in [6.07, 6.45) is 5.07. The van der Waals surface area contributed by atoms with Crippen LogP contribution < -0.4 is 20.3 Å². The van der Waals surface area contributed by atoms with E-state index in [9.17, 15) is 9.59 Å². The summed E-state index contributed by atoms with van der Waals surface area (Å²) in [4.78, 5) is 35.5. The zero-order valence-electron chi connectivity index (χ0n) is 18.5. The first-order valence-corrected chi connectivity index (χ1v) is 11.8. The number of aromatic nitrogens is 2. The molecule has 0 unspecified atom stereocenters. The minimum atomic E-state index is -0.389. The van der Waals surface area contributed by atoms with Gasteiger partial charge in [-0.2, -0.15) is 0 Å². The van der Waals surface area contributed by atoms with Gasteiger partial charge in [-0.25, -0.2) is 9.78 Å². The fourth-order valence-electron chi connectivity index (χ4n) is 3.87. The molecule has 1 aromatic carbocycles. The second kappa shape index (κ2) is 9.70. The van der Waals surface area contributed by atoms with Crippen molar-refractivity contribution in [2.45, 2.75) is 11.0 Å². The van der Waals surface area contributed by atoms with Crippen molar-refractivity contribution in [3.8, 4) is 5.88 Å². The Hall–Kier alpha value is -3.63. The summed E-state index contributed by atoms with van der Waals surface area (Å²) < 4.78 is 10.7. The van der Waals surface area contributed by atoms with Crippen molar-refractivity contribution < 1.29 is 19.1 Å². The number of cyclic esters (lactones) is 1. The first kappa shape index (κ1) is 22.2. The minimum Gasteiger partial charge on any atom is -0.481 e. The van der Waals surface area contributed by atoms with Crippen molar-refractivity contribution in [1.82, 2.24) is 15.3 Å². The number of carbonyl (C=O) groups excluding carboxylic acids is 2. The Morgan fingerprint density at radius 1 is 1.29 bits per heavy atom. The molecule has 0 bridgehead atoms. The first-order chi connectivity index (χ1) is 16.6. The van der Waals surface area contributed by atoms with E-state index in [1.165, 1.54) is 11.8 Å². The maximum atomic E-state index is 12.4. The summed E-state index contributed by atoms with van der Waals surface area (Å²) in [6.45, 7) is 1.56. The predicted molar refractivity (Wildman–Crippen MR) is 131 cm³/mol. The molecule has 2 amide bonds. The second-order valence-electron chi connectivity index (χ2n) is 7.82. The number of amides is 2. The number of hydrogen-bond acceptors (Lipinski definition) is 8. The third kappa shape index (κ3) is 4.68. The SMILES string of the molecule is COc1ccc2nccc(C=CCNC[C@@H]3CN(c4ccc5c(c4)NC(=O)CS5)C(=O)O3)c2n1. The Morgan fingerprint density at radius 2 is 2.21 bits per heavy atom. The lowest BCUT2D eigenvalue weighted by Gasteiger charge is -2.19. The Morgan fingerprint density at radius 3 is 3.09 bits per heavy atom. The molecule has 9 nitrogen and oxygen atoms in total. The van der Waals surface area contributed by atoms with E-state index in [-0.39, 0.29) is 18.1 Å². The highest BCUT2D eigenvalue weighted by Crippen LogP contribution is 2.35. The lowest BCUT2D eigenvalue weighted by Crippen LogP contribution is -2.31. The fourth-order valence-corrected chi connectivity index (χ4v) is 4.66. The van der Waals surface area contributed by atoms with Gasteiger partial charge >= 0.3 is 6.09 Å². The molecule has 174 valence electrons. The average Bonchev–Trinajstić information content (AvgIpc) is 3.23. The molecule has 2 N–H and O–H groups in total. The molecule has 1 saturated heterocycles. The van der Waals surface area contributed by atoms with Gasteiger partial charge in [-0.05, 0) is 30.3 Å². The van der Waals surface area contributed by atoms with E-state index in [4.69, 9.17) is 9.47 Å². The van der Waals surface area contributed by atoms with Gasteiger partial charge < -0.3 is 20.1 Å². The smallest absolute Gasteiger partial charge is 0.414 e. The molecule has 2 aromatic heterocycles. The number of hydrogen-bond donors (Lipinski definition) is 2. The number of rotatable bonds is 7. The maximum absolute atomic E-state index is 12.4. The van der Waals surface area contributed by atoms with E-state index in [0.717, 1.165) is 27.2 Å². The number of carbonyl (C=O) groups is 2. The van der Waals surface area contributed by atoms with Crippen LogP contribution in [0, 0.1) is 0 Å². The highest BCUT2D eigenvalue weighted by Gasteiger charge is 2.32. The number of ether oxygens (including phenoxy) is 2. The molecule has 2 aliphatic heterocycles. The van der Waals surface area contributed by atoms with Gasteiger partial charge in [0.05, 0.1) is 36.1 Å². The summed E-state index contributed by atoms with van der Waals surface area (Å²) in [5.41, 5.74) is 3.96. The molecule has 2 aliphatic rings. The van der Waals surface area contributed by atoms with Gasteiger partial charge in [0.25, 0.3) is 0 Å². The molecule has 10 heteroatoms. The van der Waals surface area contributed by atoms with Gasteiger partial charge in [0.1, 0.15) is 6.10 Å². The lowest BCUT2D eigenvalue weighted by atomic mass is 10.2. The van der Waals surface area contributed by atoms with Crippen molar-refractivity contribution in [2.75, 3.05) is 42.7 Å². The third-order valence-electron chi connectivity index (χ3n) is 5.51. The van der Waals surface area contributed by atoms with E-state index in [2.05, 4.69) is 20.6 Å². The quantitative estimate of drug-likeness (QED) is 0.500. The van der Waals surface area contributed by atoms with Gasteiger partial charge in [0.15, 0.2) is 0 Å². The van der Waals surface area contributed by atoms with Crippen LogP contribution in [-0.4, -0.2) is 60.6 Å². The first-order valence-electron chi connectivity index (χ1n) is 10.8. The van der Waals surface area contributed by atoms with E-state index in [1.54, 1.807) is 24.3 Å². The van der Waals surface area contributed by atoms with E-state index in [1.807, 2.05) is 42.5 Å². The predicted octanol–water partition coefficient (Wildman–Crippen LogP) is 3.31. The lowest BCUT2D eigenvalue weighted by molar-refractivity contribution is -0.113. The molecule has 0 aliphatic carbocycles. The molecular formula is C24H23N5O4S. The minimum absolute atomic E-state index is 0.0385. The molecule has 4 heterocycles. The Kier molecular flexibility index (Phi) is 6.33. The summed E-state index contributed by atoms with van der Waals surface area (Å²) >= 11 is 1.49. The number of benzene rings is 1. The van der Waals surface area contributed by atoms with Crippen LogP contribution in [0.4, 0.5) is 16.2 Å². The van der Waals surface area contributed by atoms with Crippen LogP contribution in [0.15, 0.2) is 53.6 Å². The number of pyridine rings is 2. The van der Waals surface area contributed by atoms with Gasteiger partial charge in [-0.3, -0.25) is 14.7 Å². The standard InChI is InChI=1S/C24H23N5O4S/c1-32-22-7-5-18-23(28-22)15(8-10-26-18)3-2-9-25-12-17-13-29(24(31)33-17)16-4-6-20-19(11-16)27-21(30)14-34-20/h2-8,10-11,17,25H,9,12-14H2,1H3,(H,27,30)/t17-/m1/s1. The zero-order chi connectivity index (χ0) is 23.5. The van der Waals surface area contributed by atoms with E-state index < -0.39 is 0 Å². The number of nitrogens with zero attached hydrogens (tertiary/aromatic N) is 3. The van der Waals surface area contributed by atoms with Gasteiger partial charge in [0.2, 0.25) is 11.8 Å². The maximum Gasteiger partial charge on any atom is 0.414 e. The Labute approximate surface area is 200 Å². The molecule has 0 spiro atoms. The van der Waals surface area contributed by atoms with Crippen molar-refractivity contribution in [2.24, 2.45) is 0 Å². The van der Waals surface area contributed by atoms with Crippen molar-refractivity contribution in [1.29, 1.82) is 0 Å². The van der Waals surface area contributed by atoms with Gasteiger partial charge in [-0.1, -0.05) is 12.2 Å². The molecule has 0 radical (unpaired) electrons. The van der Waals surface area contributed by atoms with Gasteiger partial charge in [0, 0.05) is 41.5 Å². The van der Waals surface area contributed by atoms with Crippen LogP contribution in [0.3, 0.4) is 0 Å². The normalized spacial score (nSPS) is 17.7. The zero-order valence-corrected chi connectivity index (χ0v) is 19.3. The summed E-state index contributed by atoms with van der Waals surface area (Å²) in [5.74, 6) is 0.909. The van der Waals surface area contributed by atoms with Crippen LogP contribution in [0.1, 0.15) is 5.56 Å². The molecule has 5 rings (SSSR count). The van der Waals surface area contributed by atoms with Crippen LogP contribution >= 0.6 is 11.8 Å². The number of methoxy groups -OCH3 is 1. The average molecular weight is 478 g/mol. The third-order valence-corrected chi connectivity index (χ3v) is 6.59. The molecular weight excluding hydrogens is 454 g/mol. The van der Waals surface area contributed by atoms with Crippen molar-refractivity contribution in [3.63, 3.8) is 0 Å². The van der Waals surface area contributed by atoms with E-state index in [0.29, 0.717) is 37.0 Å². The Bertz CT molecular complexity index is 1280. The molecule has 0 saturated carbocycles.